The summed E-state index contributed by atoms with van der Waals surface area (Å²) >= 11 is 0. The van der Waals surface area contributed by atoms with Gasteiger partial charge in [-0.1, -0.05) is 188 Å². The molecule has 62 heavy (non-hydrogen) atoms. The third kappa shape index (κ3) is 5.82. The second-order valence-electron chi connectivity index (χ2n) is 16.1. The zero-order valence-corrected chi connectivity index (χ0v) is 33.7. The molecule has 0 spiro atoms. The van der Waals surface area contributed by atoms with Crippen LogP contribution in [0.15, 0.2) is 235 Å². The van der Waals surface area contributed by atoms with E-state index in [1.807, 2.05) is 30.3 Å². The highest BCUT2D eigenvalue weighted by atomic mass is 16.3. The quantitative estimate of drug-likeness (QED) is 0.161. The molecule has 0 saturated heterocycles. The van der Waals surface area contributed by atoms with Crippen LogP contribution in [-0.4, -0.2) is 9.97 Å². The molecule has 11 aromatic rings. The molecule has 1 aliphatic rings. The molecular formula is C59H38N2O. The van der Waals surface area contributed by atoms with Gasteiger partial charge < -0.3 is 4.42 Å². The van der Waals surface area contributed by atoms with Gasteiger partial charge in [-0.3, -0.25) is 0 Å². The lowest BCUT2D eigenvalue weighted by Crippen LogP contribution is -2.28. The minimum Gasteiger partial charge on any atom is -0.456 e. The fraction of sp³-hybridized carbons (Fsp3) is 0.0169. The third-order valence-electron chi connectivity index (χ3n) is 12.6. The maximum absolute atomic E-state index is 6.14. The van der Waals surface area contributed by atoms with Gasteiger partial charge >= 0.3 is 0 Å². The van der Waals surface area contributed by atoms with Gasteiger partial charge in [-0.05, 0) is 98.1 Å². The molecule has 3 nitrogen and oxygen atoms in total. The minimum atomic E-state index is -0.471. The van der Waals surface area contributed by atoms with Crippen molar-refractivity contribution in [2.45, 2.75) is 5.41 Å². The number of furan rings is 1. The van der Waals surface area contributed by atoms with Crippen LogP contribution in [-0.2, 0) is 5.41 Å². The van der Waals surface area contributed by atoms with Crippen LogP contribution in [0.25, 0.3) is 89.2 Å². The van der Waals surface area contributed by atoms with Crippen LogP contribution in [0.4, 0.5) is 0 Å². The van der Waals surface area contributed by atoms with Gasteiger partial charge in [0.2, 0.25) is 0 Å². The second kappa shape index (κ2) is 14.5. The number of fused-ring (bicyclic) bond motifs is 6. The van der Waals surface area contributed by atoms with E-state index in [1.54, 1.807) is 0 Å². The summed E-state index contributed by atoms with van der Waals surface area (Å²) in [4.78, 5) is 10.4. The predicted molar refractivity (Wildman–Crippen MR) is 254 cm³/mol. The standard InChI is InChI=1S/C59H38N2O/c1-4-16-39(17-5-1)58-60-54(44-20-14-18-40(34-44)42-31-33-57-51(36-42)50-27-11-13-29-56(50)62-57)38-55(61-58)45-21-15-19-41(35-45)43-30-32-49-48-26-10-12-28-52(48)59(53(49)37-43,46-22-6-2-7-23-46)47-24-8-3-9-25-47/h1-38H. The molecule has 0 N–H and O–H groups in total. The number of nitrogens with zero attached hydrogens (tertiary/aromatic N) is 2. The molecule has 0 atom stereocenters. The van der Waals surface area contributed by atoms with Crippen molar-refractivity contribution in [1.82, 2.24) is 9.97 Å². The second-order valence-corrected chi connectivity index (χ2v) is 16.1. The first-order chi connectivity index (χ1) is 30.7. The summed E-state index contributed by atoms with van der Waals surface area (Å²) in [6.45, 7) is 0. The van der Waals surface area contributed by atoms with E-state index in [9.17, 15) is 0 Å². The molecule has 1 aliphatic carbocycles. The molecule has 0 radical (unpaired) electrons. The van der Waals surface area contributed by atoms with Crippen LogP contribution in [0.5, 0.6) is 0 Å². The molecule has 0 saturated carbocycles. The van der Waals surface area contributed by atoms with Gasteiger partial charge in [0.15, 0.2) is 5.82 Å². The van der Waals surface area contributed by atoms with Crippen LogP contribution in [0.3, 0.4) is 0 Å². The first-order valence-electron chi connectivity index (χ1n) is 21.1. The lowest BCUT2D eigenvalue weighted by molar-refractivity contribution is 0.669. The van der Waals surface area contributed by atoms with Crippen LogP contribution >= 0.6 is 0 Å². The Hall–Kier alpha value is -8.14. The number of benzene rings is 9. The summed E-state index contributed by atoms with van der Waals surface area (Å²) in [5.74, 6) is 0.686. The Morgan fingerprint density at radius 2 is 0.806 bits per heavy atom. The van der Waals surface area contributed by atoms with Crippen LogP contribution in [0.2, 0.25) is 0 Å². The van der Waals surface area contributed by atoms with Gasteiger partial charge in [-0.15, -0.1) is 0 Å². The molecule has 12 rings (SSSR count). The zero-order chi connectivity index (χ0) is 41.0. The Morgan fingerprint density at radius 3 is 1.50 bits per heavy atom. The van der Waals surface area contributed by atoms with Crippen LogP contribution in [0.1, 0.15) is 22.3 Å². The molecule has 0 unspecified atom stereocenters. The third-order valence-corrected chi connectivity index (χ3v) is 12.6. The monoisotopic (exact) mass is 790 g/mol. The maximum atomic E-state index is 6.14. The summed E-state index contributed by atoms with van der Waals surface area (Å²) < 4.78 is 6.14. The number of para-hydroxylation sites is 1. The molecule has 2 aromatic heterocycles. The molecule has 0 fully saturated rings. The molecule has 290 valence electrons. The van der Waals surface area contributed by atoms with Gasteiger partial charge in [0.25, 0.3) is 0 Å². The van der Waals surface area contributed by atoms with Crippen molar-refractivity contribution >= 4 is 21.9 Å². The zero-order valence-electron chi connectivity index (χ0n) is 33.7. The van der Waals surface area contributed by atoms with Gasteiger partial charge in [0.05, 0.1) is 16.8 Å². The highest BCUT2D eigenvalue weighted by Crippen LogP contribution is 2.56. The summed E-state index contributed by atoms with van der Waals surface area (Å²) in [7, 11) is 0. The Kier molecular flexibility index (Phi) is 8.39. The Bertz CT molecular complexity index is 3420. The first kappa shape index (κ1) is 35.8. The normalized spacial score (nSPS) is 12.6. The van der Waals surface area contributed by atoms with Crippen molar-refractivity contribution in [3.05, 3.63) is 253 Å². The minimum absolute atomic E-state index is 0.471. The molecule has 0 aliphatic heterocycles. The van der Waals surface area contributed by atoms with E-state index in [0.717, 1.165) is 72.3 Å². The molecular weight excluding hydrogens is 753 g/mol. The van der Waals surface area contributed by atoms with Crippen LogP contribution < -0.4 is 0 Å². The first-order valence-corrected chi connectivity index (χ1v) is 21.1. The lowest BCUT2D eigenvalue weighted by Gasteiger charge is -2.34. The van der Waals surface area contributed by atoms with E-state index >= 15 is 0 Å². The van der Waals surface area contributed by atoms with E-state index in [-0.39, 0.29) is 0 Å². The van der Waals surface area contributed by atoms with Crippen molar-refractivity contribution in [1.29, 1.82) is 0 Å². The largest absolute Gasteiger partial charge is 0.456 e. The summed E-state index contributed by atoms with van der Waals surface area (Å²) in [5.41, 5.74) is 18.2. The summed E-state index contributed by atoms with van der Waals surface area (Å²) in [6.07, 6.45) is 0. The van der Waals surface area contributed by atoms with Crippen molar-refractivity contribution < 1.29 is 4.42 Å². The SMILES string of the molecule is c1ccc(-c2nc(-c3cccc(-c4ccc5c(c4)C(c4ccccc4)(c4ccccc4)c4ccccc4-5)c3)cc(-c3cccc(-c4ccc5oc6ccccc6c5c4)c3)n2)cc1. The highest BCUT2D eigenvalue weighted by molar-refractivity contribution is 6.06. The molecule has 0 bridgehead atoms. The summed E-state index contributed by atoms with van der Waals surface area (Å²) in [5, 5.41) is 2.23. The van der Waals surface area contributed by atoms with Crippen molar-refractivity contribution in [3.8, 4) is 67.3 Å². The van der Waals surface area contributed by atoms with Crippen molar-refractivity contribution in [2.24, 2.45) is 0 Å². The van der Waals surface area contributed by atoms with Crippen LogP contribution in [0, 0.1) is 0 Å². The molecule has 2 heterocycles. The fourth-order valence-corrected chi connectivity index (χ4v) is 9.71. The van der Waals surface area contributed by atoms with E-state index in [1.165, 1.54) is 33.4 Å². The topological polar surface area (TPSA) is 38.9 Å². The number of aromatic nitrogens is 2. The molecule has 0 amide bonds. The smallest absolute Gasteiger partial charge is 0.160 e. The number of hydrogen-bond acceptors (Lipinski definition) is 3. The van der Waals surface area contributed by atoms with E-state index in [4.69, 9.17) is 14.4 Å². The van der Waals surface area contributed by atoms with Crippen molar-refractivity contribution in [3.63, 3.8) is 0 Å². The Balaban J connectivity index is 0.982. The molecule has 9 aromatic carbocycles. The average molecular weight is 791 g/mol. The van der Waals surface area contributed by atoms with E-state index in [2.05, 4.69) is 200 Å². The lowest BCUT2D eigenvalue weighted by atomic mass is 9.67. The Morgan fingerprint density at radius 1 is 0.306 bits per heavy atom. The fourth-order valence-electron chi connectivity index (χ4n) is 9.71. The van der Waals surface area contributed by atoms with Gasteiger partial charge in [0, 0.05) is 27.5 Å². The number of hydrogen-bond donors (Lipinski definition) is 0. The average Bonchev–Trinajstić information content (AvgIpc) is 3.88. The highest BCUT2D eigenvalue weighted by Gasteiger charge is 2.46. The van der Waals surface area contributed by atoms with Gasteiger partial charge in [0.1, 0.15) is 11.2 Å². The Labute approximate surface area is 360 Å². The van der Waals surface area contributed by atoms with Crippen molar-refractivity contribution in [2.75, 3.05) is 0 Å². The summed E-state index contributed by atoms with van der Waals surface area (Å²) in [6, 6.07) is 82.4. The van der Waals surface area contributed by atoms with E-state index < -0.39 is 5.41 Å². The van der Waals surface area contributed by atoms with E-state index in [0.29, 0.717) is 5.82 Å². The van der Waals surface area contributed by atoms with Gasteiger partial charge in [-0.2, -0.15) is 0 Å². The van der Waals surface area contributed by atoms with Gasteiger partial charge in [-0.25, -0.2) is 9.97 Å². The number of rotatable bonds is 7. The molecule has 3 heteroatoms. The maximum Gasteiger partial charge on any atom is 0.160 e. The predicted octanol–water partition coefficient (Wildman–Crippen LogP) is 15.1.